The largest absolute Gasteiger partial charge is 0.351 e. The van der Waals surface area contributed by atoms with Crippen molar-refractivity contribution in [2.75, 3.05) is 5.32 Å². The summed E-state index contributed by atoms with van der Waals surface area (Å²) in [6, 6.07) is 9.35. The third kappa shape index (κ3) is 5.17. The molecule has 0 unspecified atom stereocenters. The molecular formula is C17H15FN4O2S2. The topological polar surface area (TPSA) is 84.0 Å². The van der Waals surface area contributed by atoms with Crippen LogP contribution in [0.15, 0.2) is 41.8 Å². The number of hydrogen-bond donors (Lipinski definition) is 2. The van der Waals surface area contributed by atoms with E-state index < -0.39 is 5.91 Å². The van der Waals surface area contributed by atoms with Gasteiger partial charge in [0.1, 0.15) is 10.8 Å². The summed E-state index contributed by atoms with van der Waals surface area (Å²) < 4.78 is 12.9. The molecule has 2 aromatic heterocycles. The van der Waals surface area contributed by atoms with E-state index in [2.05, 4.69) is 20.8 Å². The van der Waals surface area contributed by atoms with Crippen molar-refractivity contribution in [3.8, 4) is 0 Å². The lowest BCUT2D eigenvalue weighted by atomic mass is 10.3. The predicted octanol–water partition coefficient (Wildman–Crippen LogP) is 3.24. The molecule has 1 aromatic carbocycles. The van der Waals surface area contributed by atoms with Crippen LogP contribution in [0.2, 0.25) is 0 Å². The van der Waals surface area contributed by atoms with Gasteiger partial charge in [0.25, 0.3) is 5.91 Å². The maximum absolute atomic E-state index is 12.9. The number of aryl methyl sites for hydroxylation is 1. The van der Waals surface area contributed by atoms with Crippen LogP contribution in [0.25, 0.3) is 0 Å². The molecule has 0 saturated carbocycles. The van der Waals surface area contributed by atoms with Crippen molar-refractivity contribution in [1.29, 1.82) is 0 Å². The first-order valence-electron chi connectivity index (χ1n) is 7.78. The summed E-state index contributed by atoms with van der Waals surface area (Å²) in [5, 5.41) is 16.0. The number of nitrogens with one attached hydrogen (secondary N) is 2. The molecule has 3 rings (SSSR count). The van der Waals surface area contributed by atoms with E-state index in [0.717, 1.165) is 16.2 Å². The van der Waals surface area contributed by atoms with Crippen molar-refractivity contribution in [2.45, 2.75) is 19.4 Å². The van der Waals surface area contributed by atoms with Crippen LogP contribution in [0.5, 0.6) is 0 Å². The minimum atomic E-state index is -0.414. The second-order valence-electron chi connectivity index (χ2n) is 5.32. The van der Waals surface area contributed by atoms with Gasteiger partial charge in [-0.2, -0.15) is 0 Å². The molecule has 0 saturated heterocycles. The van der Waals surface area contributed by atoms with Gasteiger partial charge in [0.2, 0.25) is 10.9 Å². The molecule has 0 fully saturated rings. The Morgan fingerprint density at radius 2 is 1.92 bits per heavy atom. The van der Waals surface area contributed by atoms with Gasteiger partial charge >= 0.3 is 0 Å². The zero-order valence-corrected chi connectivity index (χ0v) is 15.2. The average Bonchev–Trinajstić information content (AvgIpc) is 3.32. The van der Waals surface area contributed by atoms with E-state index in [1.165, 1.54) is 24.3 Å². The van der Waals surface area contributed by atoms with Gasteiger partial charge in [-0.25, -0.2) is 4.39 Å². The molecule has 0 spiro atoms. The van der Waals surface area contributed by atoms with Crippen LogP contribution in [0.3, 0.4) is 0 Å². The smallest absolute Gasteiger partial charge is 0.286 e. The van der Waals surface area contributed by atoms with Gasteiger partial charge in [0, 0.05) is 23.4 Å². The highest BCUT2D eigenvalue weighted by molar-refractivity contribution is 7.13. The minimum Gasteiger partial charge on any atom is -0.351 e. The number of benzene rings is 1. The quantitative estimate of drug-likeness (QED) is 0.649. The normalized spacial score (nSPS) is 10.5. The molecule has 26 heavy (non-hydrogen) atoms. The molecule has 0 radical (unpaired) electrons. The fraction of sp³-hybridized carbons (Fsp3) is 0.176. The Morgan fingerprint density at radius 1 is 1.12 bits per heavy atom. The van der Waals surface area contributed by atoms with Gasteiger partial charge in [-0.15, -0.1) is 21.5 Å². The third-order valence-corrected chi connectivity index (χ3v) is 5.23. The number of carbonyl (C=O) groups excluding carboxylic acids is 2. The van der Waals surface area contributed by atoms with Crippen molar-refractivity contribution in [3.63, 3.8) is 0 Å². The first-order valence-corrected chi connectivity index (χ1v) is 9.48. The van der Waals surface area contributed by atoms with Crippen LogP contribution in [0.4, 0.5) is 10.1 Å². The number of aromatic nitrogens is 2. The second kappa shape index (κ2) is 8.63. The number of thiophene rings is 1. The highest BCUT2D eigenvalue weighted by atomic mass is 32.1. The maximum Gasteiger partial charge on any atom is 0.286 e. The van der Waals surface area contributed by atoms with E-state index in [0.29, 0.717) is 23.7 Å². The highest BCUT2D eigenvalue weighted by Gasteiger charge is 2.14. The fourth-order valence-electron chi connectivity index (χ4n) is 2.07. The van der Waals surface area contributed by atoms with Crippen LogP contribution in [0, 0.1) is 5.82 Å². The lowest BCUT2D eigenvalue weighted by molar-refractivity contribution is -0.121. The van der Waals surface area contributed by atoms with Crippen molar-refractivity contribution in [2.24, 2.45) is 0 Å². The zero-order valence-electron chi connectivity index (χ0n) is 13.6. The van der Waals surface area contributed by atoms with E-state index in [1.807, 2.05) is 17.5 Å². The van der Waals surface area contributed by atoms with E-state index in [1.54, 1.807) is 11.3 Å². The van der Waals surface area contributed by atoms with Gasteiger partial charge in [-0.1, -0.05) is 17.4 Å². The molecule has 9 heteroatoms. The van der Waals surface area contributed by atoms with Crippen LogP contribution < -0.4 is 10.6 Å². The van der Waals surface area contributed by atoms with Crippen LogP contribution in [-0.2, 0) is 17.8 Å². The molecule has 134 valence electrons. The summed E-state index contributed by atoms with van der Waals surface area (Å²) >= 11 is 2.72. The fourth-order valence-corrected chi connectivity index (χ4v) is 3.45. The summed E-state index contributed by atoms with van der Waals surface area (Å²) in [7, 11) is 0. The van der Waals surface area contributed by atoms with Crippen LogP contribution >= 0.6 is 22.7 Å². The van der Waals surface area contributed by atoms with E-state index in [-0.39, 0.29) is 23.2 Å². The molecule has 6 nitrogen and oxygen atoms in total. The molecule has 0 atom stereocenters. The SMILES string of the molecule is O=C(CCc1nnc(C(=O)Nc2ccc(F)cc2)s1)NCc1cccs1. The van der Waals surface area contributed by atoms with Gasteiger partial charge in [-0.3, -0.25) is 9.59 Å². The van der Waals surface area contributed by atoms with Crippen molar-refractivity contribution < 1.29 is 14.0 Å². The Labute approximate surface area is 157 Å². The lowest BCUT2D eigenvalue weighted by Crippen LogP contribution is -2.22. The minimum absolute atomic E-state index is 0.0779. The summed E-state index contributed by atoms with van der Waals surface area (Å²) in [6.07, 6.45) is 0.692. The van der Waals surface area contributed by atoms with Crippen LogP contribution in [-0.4, -0.2) is 22.0 Å². The molecule has 0 aliphatic carbocycles. The first-order chi connectivity index (χ1) is 12.6. The number of carbonyl (C=O) groups is 2. The molecule has 2 N–H and O–H groups in total. The van der Waals surface area contributed by atoms with Crippen molar-refractivity contribution >= 4 is 40.2 Å². The zero-order chi connectivity index (χ0) is 18.4. The summed E-state index contributed by atoms with van der Waals surface area (Å²) in [6.45, 7) is 0.512. The third-order valence-electron chi connectivity index (χ3n) is 3.37. The Hall–Kier alpha value is -2.65. The number of halogens is 1. The van der Waals surface area contributed by atoms with Gasteiger partial charge < -0.3 is 10.6 Å². The monoisotopic (exact) mass is 390 g/mol. The molecule has 0 bridgehead atoms. The Bertz CT molecular complexity index is 879. The van der Waals surface area contributed by atoms with E-state index >= 15 is 0 Å². The predicted molar refractivity (Wildman–Crippen MR) is 98.7 cm³/mol. The number of amides is 2. The number of nitrogens with zero attached hydrogens (tertiary/aromatic N) is 2. The lowest BCUT2D eigenvalue weighted by Gasteiger charge is -2.02. The average molecular weight is 390 g/mol. The number of hydrogen-bond acceptors (Lipinski definition) is 6. The standard InChI is InChI=1S/C17H15FN4O2S2/c18-11-3-5-12(6-4-11)20-16(24)17-22-21-15(26-17)8-7-14(23)19-10-13-2-1-9-25-13/h1-6,9H,7-8,10H2,(H,19,23)(H,20,24). The first kappa shape index (κ1) is 18.2. The Morgan fingerprint density at radius 3 is 2.65 bits per heavy atom. The number of rotatable bonds is 7. The van der Waals surface area contributed by atoms with E-state index in [4.69, 9.17) is 0 Å². The van der Waals surface area contributed by atoms with Gasteiger partial charge in [0.15, 0.2) is 0 Å². The van der Waals surface area contributed by atoms with E-state index in [9.17, 15) is 14.0 Å². The second-order valence-corrected chi connectivity index (χ2v) is 7.41. The molecule has 2 amide bonds. The molecule has 0 aliphatic heterocycles. The summed E-state index contributed by atoms with van der Waals surface area (Å²) in [4.78, 5) is 25.1. The molecular weight excluding hydrogens is 375 g/mol. The number of anilines is 1. The maximum atomic E-state index is 12.9. The van der Waals surface area contributed by atoms with Crippen LogP contribution in [0.1, 0.15) is 26.1 Å². The van der Waals surface area contributed by atoms with Crippen molar-refractivity contribution in [3.05, 3.63) is 62.5 Å². The Kier molecular flexibility index (Phi) is 6.03. The highest BCUT2D eigenvalue weighted by Crippen LogP contribution is 2.15. The van der Waals surface area contributed by atoms with Gasteiger partial charge in [-0.05, 0) is 35.7 Å². The Balaban J connectivity index is 1.47. The molecule has 3 aromatic rings. The van der Waals surface area contributed by atoms with Crippen molar-refractivity contribution in [1.82, 2.24) is 15.5 Å². The molecule has 0 aliphatic rings. The summed E-state index contributed by atoms with van der Waals surface area (Å²) in [5.74, 6) is -0.869. The summed E-state index contributed by atoms with van der Waals surface area (Å²) in [5.41, 5.74) is 0.473. The van der Waals surface area contributed by atoms with Gasteiger partial charge in [0.05, 0.1) is 6.54 Å². The molecule has 2 heterocycles.